The van der Waals surface area contributed by atoms with Gasteiger partial charge in [0.25, 0.3) is 0 Å². The fraction of sp³-hybridized carbons (Fsp3) is 0.750. The van der Waals surface area contributed by atoms with Crippen molar-refractivity contribution < 1.29 is 4.79 Å². The maximum atomic E-state index is 12.3. The van der Waals surface area contributed by atoms with E-state index in [9.17, 15) is 4.79 Å². The third kappa shape index (κ3) is 4.99. The Balaban J connectivity index is 0.00000441. The van der Waals surface area contributed by atoms with Crippen LogP contribution in [0.3, 0.4) is 0 Å². The smallest absolute Gasteiger partial charge is 0.229 e. The van der Waals surface area contributed by atoms with Crippen LogP contribution < -0.4 is 11.1 Å². The molecule has 3 N–H and O–H groups in total. The number of aromatic nitrogens is 2. The number of rotatable bonds is 3. The fourth-order valence-electron chi connectivity index (χ4n) is 1.83. The lowest BCUT2D eigenvalue weighted by Gasteiger charge is -2.24. The molecule has 1 heterocycles. The van der Waals surface area contributed by atoms with E-state index in [1.54, 1.807) is 0 Å². The quantitative estimate of drug-likeness (QED) is 0.893. The minimum atomic E-state index is -0.244. The number of amides is 1. The Labute approximate surface area is 140 Å². The first-order valence-corrected chi connectivity index (χ1v) is 7.51. The summed E-state index contributed by atoms with van der Waals surface area (Å²) in [5.41, 5.74) is 6.49. The Hall–Kier alpha value is -1.07. The van der Waals surface area contributed by atoms with Gasteiger partial charge in [0, 0.05) is 17.5 Å². The van der Waals surface area contributed by atoms with E-state index in [1.165, 1.54) is 0 Å². The van der Waals surface area contributed by atoms with Gasteiger partial charge in [-0.05, 0) is 27.7 Å². The van der Waals surface area contributed by atoms with Crippen LogP contribution in [0.5, 0.6) is 0 Å². The number of nitrogens with one attached hydrogen (secondary N) is 1. The van der Waals surface area contributed by atoms with E-state index in [4.69, 9.17) is 5.73 Å². The molecule has 22 heavy (non-hydrogen) atoms. The van der Waals surface area contributed by atoms with E-state index in [-0.39, 0.29) is 41.2 Å². The Morgan fingerprint density at radius 3 is 2.09 bits per heavy atom. The van der Waals surface area contributed by atoms with Gasteiger partial charge >= 0.3 is 0 Å². The monoisotopic (exact) mass is 330 g/mol. The molecule has 128 valence electrons. The van der Waals surface area contributed by atoms with Gasteiger partial charge in [0.05, 0.1) is 17.2 Å². The molecule has 0 fully saturated rings. The van der Waals surface area contributed by atoms with Crippen LogP contribution in [-0.2, 0) is 15.7 Å². The summed E-state index contributed by atoms with van der Waals surface area (Å²) in [7, 11) is 0. The van der Waals surface area contributed by atoms with Gasteiger partial charge in [-0.1, -0.05) is 27.7 Å². The molecule has 1 amide bonds. The molecule has 1 aromatic rings. The number of nitrogens with zero attached hydrogens (tertiary/aromatic N) is 2. The molecule has 0 aliphatic heterocycles. The average Bonchev–Trinajstić information content (AvgIpc) is 2.70. The second kappa shape index (κ2) is 7.01. The molecule has 0 radical (unpaired) electrons. The molecular weight excluding hydrogens is 300 g/mol. The molecule has 0 bridgehead atoms. The number of hydrogen-bond donors (Lipinski definition) is 2. The molecule has 0 spiro atoms. The van der Waals surface area contributed by atoms with Crippen LogP contribution in [-0.4, -0.2) is 21.7 Å². The summed E-state index contributed by atoms with van der Waals surface area (Å²) in [4.78, 5) is 12.3. The molecule has 0 aliphatic carbocycles. The van der Waals surface area contributed by atoms with Gasteiger partial charge in [-0.15, -0.1) is 12.4 Å². The van der Waals surface area contributed by atoms with Crippen molar-refractivity contribution >= 4 is 24.1 Å². The number of anilines is 1. The zero-order valence-electron chi connectivity index (χ0n) is 15.0. The minimum absolute atomic E-state index is 0. The largest absolute Gasteiger partial charge is 0.327 e. The predicted octanol–water partition coefficient (Wildman–Crippen LogP) is 3.28. The summed E-state index contributed by atoms with van der Waals surface area (Å²) in [6.45, 7) is 16.2. The molecule has 2 unspecified atom stereocenters. The second-order valence-corrected chi connectivity index (χ2v) is 7.88. The van der Waals surface area contributed by atoms with Crippen molar-refractivity contribution in [2.75, 3.05) is 5.32 Å². The first kappa shape index (κ1) is 20.9. The summed E-state index contributed by atoms with van der Waals surface area (Å²) in [6, 6.07) is 1.77. The van der Waals surface area contributed by atoms with Crippen molar-refractivity contribution in [1.82, 2.24) is 9.78 Å². The third-order valence-corrected chi connectivity index (χ3v) is 3.57. The molecule has 0 saturated heterocycles. The SMILES string of the molecule is CC(N)C(C)C(=O)Nc1cc(C(C)(C)C)nn1C(C)(C)C.Cl. The zero-order valence-corrected chi connectivity index (χ0v) is 15.8. The summed E-state index contributed by atoms with van der Waals surface area (Å²) < 4.78 is 1.87. The summed E-state index contributed by atoms with van der Waals surface area (Å²) >= 11 is 0. The Morgan fingerprint density at radius 2 is 1.73 bits per heavy atom. The maximum Gasteiger partial charge on any atom is 0.229 e. The lowest BCUT2D eigenvalue weighted by atomic mass is 9.92. The van der Waals surface area contributed by atoms with Gasteiger partial charge in [-0.25, -0.2) is 4.68 Å². The fourth-order valence-corrected chi connectivity index (χ4v) is 1.83. The molecule has 0 aliphatic rings. The second-order valence-electron chi connectivity index (χ2n) is 7.88. The van der Waals surface area contributed by atoms with E-state index in [2.05, 4.69) is 52.0 Å². The van der Waals surface area contributed by atoms with Gasteiger partial charge in [0.2, 0.25) is 5.91 Å². The molecule has 0 saturated carbocycles. The van der Waals surface area contributed by atoms with E-state index in [0.717, 1.165) is 11.5 Å². The maximum absolute atomic E-state index is 12.3. The van der Waals surface area contributed by atoms with Crippen LogP contribution in [0, 0.1) is 5.92 Å². The summed E-state index contributed by atoms with van der Waals surface area (Å²) in [5, 5.41) is 7.65. The topological polar surface area (TPSA) is 72.9 Å². The number of carbonyl (C=O) groups is 1. The third-order valence-electron chi connectivity index (χ3n) is 3.57. The van der Waals surface area contributed by atoms with Crippen LogP contribution in [0.2, 0.25) is 0 Å². The van der Waals surface area contributed by atoms with Crippen LogP contribution in [0.4, 0.5) is 5.82 Å². The first-order valence-electron chi connectivity index (χ1n) is 7.51. The number of carbonyl (C=O) groups excluding carboxylic acids is 1. The normalized spacial score (nSPS) is 15.0. The number of hydrogen-bond acceptors (Lipinski definition) is 3. The summed E-state index contributed by atoms with van der Waals surface area (Å²) in [6.07, 6.45) is 0. The highest BCUT2D eigenvalue weighted by molar-refractivity contribution is 5.92. The highest BCUT2D eigenvalue weighted by atomic mass is 35.5. The highest BCUT2D eigenvalue weighted by Crippen LogP contribution is 2.28. The molecular formula is C16H31ClN4O. The minimum Gasteiger partial charge on any atom is -0.327 e. The van der Waals surface area contributed by atoms with Crippen molar-refractivity contribution in [2.45, 2.75) is 72.4 Å². The van der Waals surface area contributed by atoms with Crippen molar-refractivity contribution in [3.63, 3.8) is 0 Å². The lowest BCUT2D eigenvalue weighted by molar-refractivity contribution is -0.119. The van der Waals surface area contributed by atoms with E-state index in [0.29, 0.717) is 0 Å². The summed E-state index contributed by atoms with van der Waals surface area (Å²) in [5.74, 6) is 0.409. The highest BCUT2D eigenvalue weighted by Gasteiger charge is 2.27. The molecule has 0 aromatic carbocycles. The van der Waals surface area contributed by atoms with E-state index in [1.807, 2.05) is 24.6 Å². The van der Waals surface area contributed by atoms with E-state index >= 15 is 0 Å². The van der Waals surface area contributed by atoms with Gasteiger partial charge in [-0.2, -0.15) is 5.10 Å². The van der Waals surface area contributed by atoms with Crippen molar-refractivity contribution in [1.29, 1.82) is 0 Å². The van der Waals surface area contributed by atoms with Gasteiger partial charge in [0.15, 0.2) is 0 Å². The van der Waals surface area contributed by atoms with Crippen LogP contribution in [0.15, 0.2) is 6.07 Å². The average molecular weight is 331 g/mol. The first-order chi connectivity index (χ1) is 9.34. The molecule has 6 heteroatoms. The molecule has 5 nitrogen and oxygen atoms in total. The lowest BCUT2D eigenvalue weighted by Crippen LogP contribution is -2.35. The van der Waals surface area contributed by atoms with Crippen LogP contribution >= 0.6 is 12.4 Å². The number of halogens is 1. The van der Waals surface area contributed by atoms with Gasteiger partial charge in [-0.3, -0.25) is 4.79 Å². The molecule has 2 atom stereocenters. The van der Waals surface area contributed by atoms with E-state index < -0.39 is 0 Å². The van der Waals surface area contributed by atoms with Crippen LogP contribution in [0.25, 0.3) is 0 Å². The Bertz CT molecular complexity index is 509. The van der Waals surface area contributed by atoms with Gasteiger partial charge in [0.1, 0.15) is 5.82 Å². The molecule has 1 aromatic heterocycles. The van der Waals surface area contributed by atoms with Gasteiger partial charge < -0.3 is 11.1 Å². The zero-order chi connectivity index (χ0) is 16.6. The van der Waals surface area contributed by atoms with Crippen molar-refractivity contribution in [3.8, 4) is 0 Å². The standard InChI is InChI=1S/C16H30N4O.ClH/c1-10(11(2)17)14(21)18-13-9-12(15(3,4)5)19-20(13)16(6,7)8;/h9-11H,17H2,1-8H3,(H,18,21);1H. The Kier molecular flexibility index (Phi) is 6.66. The van der Waals surface area contributed by atoms with Crippen molar-refractivity contribution in [3.05, 3.63) is 11.8 Å². The van der Waals surface area contributed by atoms with Crippen molar-refractivity contribution in [2.24, 2.45) is 11.7 Å². The van der Waals surface area contributed by atoms with Crippen LogP contribution in [0.1, 0.15) is 61.1 Å². The Morgan fingerprint density at radius 1 is 1.23 bits per heavy atom. The number of nitrogens with two attached hydrogens (primary N) is 1. The molecule has 1 rings (SSSR count). The predicted molar refractivity (Wildman–Crippen MR) is 94.6 cm³/mol.